The molecule has 0 radical (unpaired) electrons. The second-order valence-electron chi connectivity index (χ2n) is 3.83. The van der Waals surface area contributed by atoms with Crippen LogP contribution in [0.15, 0.2) is 36.7 Å². The number of nitrogens with zero attached hydrogens (tertiary/aromatic N) is 2. The monoisotopic (exact) mass is 234 g/mol. The number of unbranched alkanes of at least 4 members (excludes halogenated alkanes) is 1. The number of hydrogen-bond donors (Lipinski definition) is 0. The van der Waals surface area contributed by atoms with E-state index in [9.17, 15) is 0 Å². The van der Waals surface area contributed by atoms with Crippen LogP contribution in [-0.2, 0) is 6.54 Å². The van der Waals surface area contributed by atoms with Gasteiger partial charge in [0.05, 0.1) is 6.20 Å². The third-order valence-electron chi connectivity index (χ3n) is 2.56. The summed E-state index contributed by atoms with van der Waals surface area (Å²) in [5, 5.41) is 5.10. The van der Waals surface area contributed by atoms with E-state index in [1.807, 2.05) is 35.1 Å². The first-order valence-corrected chi connectivity index (χ1v) is 5.96. The number of aromatic nitrogens is 2. The zero-order chi connectivity index (χ0) is 11.4. The Morgan fingerprint density at radius 3 is 2.88 bits per heavy atom. The predicted octanol–water partition coefficient (Wildman–Crippen LogP) is 4.00. The first kappa shape index (κ1) is 11.2. The Bertz CT molecular complexity index is 462. The lowest BCUT2D eigenvalue weighted by Crippen LogP contribution is -1.96. The van der Waals surface area contributed by atoms with Gasteiger partial charge in [-0.15, -0.1) is 0 Å². The summed E-state index contributed by atoms with van der Waals surface area (Å²) in [5.41, 5.74) is 2.13. The molecule has 0 N–H and O–H groups in total. The fourth-order valence-electron chi connectivity index (χ4n) is 1.64. The van der Waals surface area contributed by atoms with E-state index in [-0.39, 0.29) is 0 Å². The van der Waals surface area contributed by atoms with E-state index in [1.54, 1.807) is 0 Å². The number of aryl methyl sites for hydroxylation is 1. The lowest BCUT2D eigenvalue weighted by atomic mass is 10.1. The van der Waals surface area contributed by atoms with Crippen LogP contribution in [0.3, 0.4) is 0 Å². The van der Waals surface area contributed by atoms with Crippen LogP contribution in [0.4, 0.5) is 0 Å². The first-order valence-electron chi connectivity index (χ1n) is 5.58. The van der Waals surface area contributed by atoms with Crippen molar-refractivity contribution in [3.8, 4) is 11.1 Å². The highest BCUT2D eigenvalue weighted by Gasteiger charge is 2.04. The number of hydrogen-bond acceptors (Lipinski definition) is 1. The van der Waals surface area contributed by atoms with Crippen molar-refractivity contribution in [2.24, 2.45) is 0 Å². The first-order chi connectivity index (χ1) is 7.81. The van der Waals surface area contributed by atoms with Crippen LogP contribution in [0.2, 0.25) is 5.02 Å². The largest absolute Gasteiger partial charge is 0.272 e. The molecule has 0 saturated carbocycles. The Morgan fingerprint density at radius 2 is 2.12 bits per heavy atom. The minimum absolute atomic E-state index is 0.776. The molecule has 0 amide bonds. The van der Waals surface area contributed by atoms with Crippen molar-refractivity contribution in [1.82, 2.24) is 9.78 Å². The topological polar surface area (TPSA) is 17.8 Å². The van der Waals surface area contributed by atoms with Gasteiger partial charge in [-0.1, -0.05) is 43.1 Å². The summed E-state index contributed by atoms with van der Waals surface area (Å²) in [4.78, 5) is 0. The van der Waals surface area contributed by atoms with Crippen LogP contribution < -0.4 is 0 Å². The molecule has 0 saturated heterocycles. The third kappa shape index (κ3) is 2.45. The highest BCUT2D eigenvalue weighted by Crippen LogP contribution is 2.26. The quantitative estimate of drug-likeness (QED) is 0.782. The summed E-state index contributed by atoms with van der Waals surface area (Å²) in [6, 6.07) is 7.85. The molecular weight excluding hydrogens is 220 g/mol. The van der Waals surface area contributed by atoms with Crippen LogP contribution in [0.1, 0.15) is 19.8 Å². The van der Waals surface area contributed by atoms with Gasteiger partial charge in [0.15, 0.2) is 0 Å². The lowest BCUT2D eigenvalue weighted by Gasteiger charge is -2.00. The van der Waals surface area contributed by atoms with Gasteiger partial charge in [-0.05, 0) is 12.5 Å². The van der Waals surface area contributed by atoms with Gasteiger partial charge in [-0.25, -0.2) is 0 Å². The molecule has 0 aliphatic carbocycles. The molecule has 0 unspecified atom stereocenters. The van der Waals surface area contributed by atoms with Gasteiger partial charge in [0.2, 0.25) is 0 Å². The summed E-state index contributed by atoms with van der Waals surface area (Å²) in [6.45, 7) is 3.15. The number of halogens is 1. The Morgan fingerprint density at radius 1 is 1.31 bits per heavy atom. The van der Waals surface area contributed by atoms with Crippen molar-refractivity contribution in [2.45, 2.75) is 26.3 Å². The molecule has 1 aromatic heterocycles. The van der Waals surface area contributed by atoms with Crippen molar-refractivity contribution >= 4 is 11.6 Å². The number of rotatable bonds is 4. The summed E-state index contributed by atoms with van der Waals surface area (Å²) in [7, 11) is 0. The Kier molecular flexibility index (Phi) is 3.62. The maximum absolute atomic E-state index is 6.14. The molecule has 0 fully saturated rings. The fourth-order valence-corrected chi connectivity index (χ4v) is 1.89. The lowest BCUT2D eigenvalue weighted by molar-refractivity contribution is 0.572. The van der Waals surface area contributed by atoms with E-state index in [2.05, 4.69) is 18.2 Å². The average molecular weight is 235 g/mol. The second kappa shape index (κ2) is 5.17. The van der Waals surface area contributed by atoms with Crippen LogP contribution >= 0.6 is 11.6 Å². The highest BCUT2D eigenvalue weighted by molar-refractivity contribution is 6.33. The van der Waals surface area contributed by atoms with Crippen molar-refractivity contribution in [3.63, 3.8) is 0 Å². The molecule has 2 rings (SSSR count). The molecule has 0 spiro atoms. The maximum atomic E-state index is 6.14. The standard InChI is InChI=1S/C13H15ClN2/c1-2-3-8-16-10-11(9-15-16)12-6-4-5-7-13(12)14/h4-7,9-10H,2-3,8H2,1H3. The minimum atomic E-state index is 0.776. The normalized spacial score (nSPS) is 10.6. The molecular formula is C13H15ClN2. The second-order valence-corrected chi connectivity index (χ2v) is 4.23. The zero-order valence-corrected chi connectivity index (χ0v) is 10.1. The van der Waals surface area contributed by atoms with Crippen LogP contribution in [0.5, 0.6) is 0 Å². The van der Waals surface area contributed by atoms with Crippen LogP contribution in [0, 0.1) is 0 Å². The van der Waals surface area contributed by atoms with Crippen molar-refractivity contribution in [1.29, 1.82) is 0 Å². The molecule has 0 aliphatic heterocycles. The molecule has 0 bridgehead atoms. The van der Waals surface area contributed by atoms with Gasteiger partial charge < -0.3 is 0 Å². The van der Waals surface area contributed by atoms with Crippen LogP contribution in [0.25, 0.3) is 11.1 Å². The SMILES string of the molecule is CCCCn1cc(-c2ccccc2Cl)cn1. The summed E-state index contributed by atoms with van der Waals surface area (Å²) < 4.78 is 1.97. The smallest absolute Gasteiger partial charge is 0.0568 e. The van der Waals surface area contributed by atoms with Gasteiger partial charge in [-0.2, -0.15) is 5.10 Å². The predicted molar refractivity (Wildman–Crippen MR) is 67.6 cm³/mol. The molecule has 1 aromatic carbocycles. The number of benzene rings is 1. The van der Waals surface area contributed by atoms with Gasteiger partial charge in [0, 0.05) is 28.9 Å². The molecule has 16 heavy (non-hydrogen) atoms. The van der Waals surface area contributed by atoms with Gasteiger partial charge >= 0.3 is 0 Å². The summed E-state index contributed by atoms with van der Waals surface area (Å²) >= 11 is 6.14. The molecule has 0 atom stereocenters. The fraction of sp³-hybridized carbons (Fsp3) is 0.308. The van der Waals surface area contributed by atoms with E-state index in [0.29, 0.717) is 0 Å². The molecule has 84 valence electrons. The average Bonchev–Trinajstić information content (AvgIpc) is 2.75. The van der Waals surface area contributed by atoms with E-state index in [1.165, 1.54) is 6.42 Å². The summed E-state index contributed by atoms with van der Waals surface area (Å²) in [6.07, 6.45) is 6.26. The molecule has 3 heteroatoms. The maximum Gasteiger partial charge on any atom is 0.0568 e. The molecule has 0 aliphatic rings. The van der Waals surface area contributed by atoms with Gasteiger partial charge in [0.1, 0.15) is 0 Å². The highest BCUT2D eigenvalue weighted by atomic mass is 35.5. The van der Waals surface area contributed by atoms with E-state index in [0.717, 1.165) is 29.1 Å². The van der Waals surface area contributed by atoms with Gasteiger partial charge in [-0.3, -0.25) is 4.68 Å². The van der Waals surface area contributed by atoms with E-state index in [4.69, 9.17) is 11.6 Å². The zero-order valence-electron chi connectivity index (χ0n) is 9.36. The van der Waals surface area contributed by atoms with Crippen LogP contribution in [-0.4, -0.2) is 9.78 Å². The van der Waals surface area contributed by atoms with Gasteiger partial charge in [0.25, 0.3) is 0 Å². The Hall–Kier alpha value is -1.28. The third-order valence-corrected chi connectivity index (χ3v) is 2.89. The van der Waals surface area contributed by atoms with Crippen molar-refractivity contribution < 1.29 is 0 Å². The van der Waals surface area contributed by atoms with Crippen molar-refractivity contribution in [3.05, 3.63) is 41.7 Å². The molecule has 2 nitrogen and oxygen atoms in total. The van der Waals surface area contributed by atoms with E-state index < -0.39 is 0 Å². The van der Waals surface area contributed by atoms with E-state index >= 15 is 0 Å². The summed E-state index contributed by atoms with van der Waals surface area (Å²) in [5.74, 6) is 0. The Balaban J connectivity index is 2.22. The minimum Gasteiger partial charge on any atom is -0.272 e. The Labute approximate surface area is 101 Å². The van der Waals surface area contributed by atoms with Crippen molar-refractivity contribution in [2.75, 3.05) is 0 Å². The molecule has 2 aromatic rings. The molecule has 1 heterocycles.